The zero-order chi connectivity index (χ0) is 16.2. The molecule has 21 heavy (non-hydrogen) atoms. The number of ether oxygens (including phenoxy) is 1. The van der Waals surface area contributed by atoms with Crippen LogP contribution in [-0.2, 0) is 10.0 Å². The highest BCUT2D eigenvalue weighted by Gasteiger charge is 2.23. The van der Waals surface area contributed by atoms with Crippen molar-refractivity contribution in [3.63, 3.8) is 0 Å². The molecule has 4 nitrogen and oxygen atoms in total. The molecule has 1 aromatic rings. The molecule has 0 fully saturated rings. The summed E-state index contributed by atoms with van der Waals surface area (Å²) in [6.45, 7) is 1.33. The summed E-state index contributed by atoms with van der Waals surface area (Å²) in [6.07, 6.45) is 0.934. The van der Waals surface area contributed by atoms with Crippen LogP contribution in [0.2, 0.25) is 0 Å². The van der Waals surface area contributed by atoms with Crippen LogP contribution in [0.3, 0.4) is 0 Å². The average molecular weight is 329 g/mol. The first-order valence-electron chi connectivity index (χ1n) is 6.12. The topological polar surface area (TPSA) is 69.4 Å². The molecule has 0 saturated heterocycles. The van der Waals surface area contributed by atoms with Crippen molar-refractivity contribution in [1.82, 2.24) is 0 Å². The van der Waals surface area contributed by atoms with E-state index in [0.717, 1.165) is 0 Å². The van der Waals surface area contributed by atoms with Gasteiger partial charge in [-0.1, -0.05) is 13.3 Å². The van der Waals surface area contributed by atoms with E-state index < -0.39 is 57.3 Å². The zero-order valence-electron chi connectivity index (χ0n) is 11.2. The molecule has 1 aromatic carbocycles. The van der Waals surface area contributed by atoms with Crippen LogP contribution in [0.25, 0.3) is 0 Å². The maximum atomic E-state index is 13.4. The van der Waals surface area contributed by atoms with Crippen molar-refractivity contribution in [3.8, 4) is 5.75 Å². The van der Waals surface area contributed by atoms with Gasteiger partial charge in [-0.05, 0) is 6.42 Å². The molecule has 0 aromatic heterocycles. The van der Waals surface area contributed by atoms with Crippen LogP contribution in [0, 0.1) is 29.2 Å². The molecule has 1 unspecified atom stereocenters. The highest BCUT2D eigenvalue weighted by atomic mass is 32.2. The standard InChI is InChI=1S/C12H15F4NO3S/c1-2-3-7(6-21(17,18)19)5-20-12-10(15)8(13)4-9(14)11(12)16/h4,7H,2-3,5-6H2,1H3,(H2,17,18,19). The minimum Gasteiger partial charge on any atom is -0.487 e. The predicted octanol–water partition coefficient (Wildman–Crippen LogP) is 2.33. The molecule has 0 aliphatic heterocycles. The molecular formula is C12H15F4NO3S. The van der Waals surface area contributed by atoms with Gasteiger partial charge in [-0.15, -0.1) is 0 Å². The number of sulfonamides is 1. The Labute approximate surface area is 119 Å². The summed E-state index contributed by atoms with van der Waals surface area (Å²) in [6, 6.07) is 0.0609. The maximum absolute atomic E-state index is 13.4. The molecule has 1 atom stereocenters. The van der Waals surface area contributed by atoms with Crippen molar-refractivity contribution in [1.29, 1.82) is 0 Å². The molecule has 0 bridgehead atoms. The fourth-order valence-corrected chi connectivity index (χ4v) is 2.75. The van der Waals surface area contributed by atoms with E-state index >= 15 is 0 Å². The number of halogens is 4. The molecule has 120 valence electrons. The number of rotatable bonds is 7. The summed E-state index contributed by atoms with van der Waals surface area (Å²) in [7, 11) is -3.80. The Kier molecular flexibility index (Phi) is 5.97. The fraction of sp³-hybridized carbons (Fsp3) is 0.500. The Morgan fingerprint density at radius 1 is 1.19 bits per heavy atom. The minimum atomic E-state index is -3.80. The van der Waals surface area contributed by atoms with Crippen LogP contribution in [0.15, 0.2) is 6.07 Å². The molecule has 0 saturated carbocycles. The van der Waals surface area contributed by atoms with Crippen LogP contribution in [0.5, 0.6) is 5.75 Å². The van der Waals surface area contributed by atoms with Gasteiger partial charge in [0, 0.05) is 12.0 Å². The third-order valence-corrected chi connectivity index (χ3v) is 3.64. The van der Waals surface area contributed by atoms with Crippen LogP contribution in [-0.4, -0.2) is 20.8 Å². The molecule has 0 heterocycles. The van der Waals surface area contributed by atoms with E-state index in [1.165, 1.54) is 0 Å². The lowest BCUT2D eigenvalue weighted by molar-refractivity contribution is 0.225. The second-order valence-electron chi connectivity index (χ2n) is 4.59. The lowest BCUT2D eigenvalue weighted by atomic mass is 10.1. The number of hydrogen-bond acceptors (Lipinski definition) is 3. The number of hydrogen-bond donors (Lipinski definition) is 1. The Morgan fingerprint density at radius 3 is 2.14 bits per heavy atom. The Balaban J connectivity index is 2.90. The molecule has 9 heteroatoms. The summed E-state index contributed by atoms with van der Waals surface area (Å²) in [5.74, 6) is -8.83. The largest absolute Gasteiger partial charge is 0.487 e. The number of primary sulfonamides is 1. The zero-order valence-corrected chi connectivity index (χ0v) is 12.0. The van der Waals surface area contributed by atoms with Gasteiger partial charge in [0.1, 0.15) is 0 Å². The fourth-order valence-electron chi connectivity index (χ4n) is 1.83. The molecule has 1 rings (SSSR count). The van der Waals surface area contributed by atoms with Crippen LogP contribution < -0.4 is 9.88 Å². The van der Waals surface area contributed by atoms with E-state index in [0.29, 0.717) is 12.8 Å². The van der Waals surface area contributed by atoms with E-state index in [9.17, 15) is 26.0 Å². The second-order valence-corrected chi connectivity index (χ2v) is 6.25. The first kappa shape index (κ1) is 17.7. The third-order valence-electron chi connectivity index (χ3n) is 2.70. The number of benzene rings is 1. The summed E-state index contributed by atoms with van der Waals surface area (Å²) >= 11 is 0. The van der Waals surface area contributed by atoms with Crippen LogP contribution in [0.4, 0.5) is 17.6 Å². The molecule has 0 aliphatic carbocycles. The van der Waals surface area contributed by atoms with E-state index in [-0.39, 0.29) is 6.07 Å². The van der Waals surface area contributed by atoms with Crippen LogP contribution in [0.1, 0.15) is 19.8 Å². The third kappa shape index (κ3) is 5.16. The van der Waals surface area contributed by atoms with Gasteiger partial charge in [0.05, 0.1) is 12.4 Å². The van der Waals surface area contributed by atoms with Crippen molar-refractivity contribution in [2.45, 2.75) is 19.8 Å². The monoisotopic (exact) mass is 329 g/mol. The predicted molar refractivity (Wildman–Crippen MR) is 68.1 cm³/mol. The number of nitrogens with two attached hydrogens (primary N) is 1. The van der Waals surface area contributed by atoms with Gasteiger partial charge in [0.15, 0.2) is 17.4 Å². The Morgan fingerprint density at radius 2 is 1.71 bits per heavy atom. The molecule has 0 radical (unpaired) electrons. The molecule has 2 N–H and O–H groups in total. The van der Waals surface area contributed by atoms with Crippen molar-refractivity contribution in [2.75, 3.05) is 12.4 Å². The van der Waals surface area contributed by atoms with Gasteiger partial charge in [-0.2, -0.15) is 8.78 Å². The summed E-state index contributed by atoms with van der Waals surface area (Å²) in [4.78, 5) is 0. The van der Waals surface area contributed by atoms with Crippen molar-refractivity contribution >= 4 is 10.0 Å². The van der Waals surface area contributed by atoms with Crippen molar-refractivity contribution in [2.24, 2.45) is 11.1 Å². The van der Waals surface area contributed by atoms with E-state index in [1.54, 1.807) is 6.92 Å². The normalized spacial score (nSPS) is 13.2. The van der Waals surface area contributed by atoms with Gasteiger partial charge in [0.2, 0.25) is 21.7 Å². The van der Waals surface area contributed by atoms with Crippen molar-refractivity contribution in [3.05, 3.63) is 29.3 Å². The highest BCUT2D eigenvalue weighted by Crippen LogP contribution is 2.27. The summed E-state index contributed by atoms with van der Waals surface area (Å²) in [5.41, 5.74) is 0. The lowest BCUT2D eigenvalue weighted by Crippen LogP contribution is -2.27. The molecule has 0 spiro atoms. The maximum Gasteiger partial charge on any atom is 0.209 e. The Bertz CT molecular complexity index is 581. The van der Waals surface area contributed by atoms with Crippen molar-refractivity contribution < 1.29 is 30.7 Å². The van der Waals surface area contributed by atoms with Gasteiger partial charge < -0.3 is 4.74 Å². The van der Waals surface area contributed by atoms with Crippen LogP contribution >= 0.6 is 0 Å². The van der Waals surface area contributed by atoms with Gasteiger partial charge >= 0.3 is 0 Å². The SMILES string of the molecule is CCCC(COc1c(F)c(F)cc(F)c1F)CS(N)(=O)=O. The highest BCUT2D eigenvalue weighted by molar-refractivity contribution is 7.89. The summed E-state index contributed by atoms with van der Waals surface area (Å²) < 4.78 is 79.5. The first-order chi connectivity index (χ1) is 9.65. The molecule has 0 aliphatic rings. The first-order valence-corrected chi connectivity index (χ1v) is 7.83. The molecule has 0 amide bonds. The van der Waals surface area contributed by atoms with Gasteiger partial charge in [0.25, 0.3) is 0 Å². The van der Waals surface area contributed by atoms with E-state index in [2.05, 4.69) is 0 Å². The quantitative estimate of drug-likeness (QED) is 0.616. The van der Waals surface area contributed by atoms with Gasteiger partial charge in [-0.3, -0.25) is 0 Å². The average Bonchev–Trinajstić information content (AvgIpc) is 2.34. The lowest BCUT2D eigenvalue weighted by Gasteiger charge is -2.16. The molecular weight excluding hydrogens is 314 g/mol. The summed E-state index contributed by atoms with van der Waals surface area (Å²) in [5, 5.41) is 4.89. The van der Waals surface area contributed by atoms with Gasteiger partial charge in [-0.25, -0.2) is 22.3 Å². The van der Waals surface area contributed by atoms with E-state index in [4.69, 9.17) is 9.88 Å². The van der Waals surface area contributed by atoms with E-state index in [1.807, 2.05) is 0 Å². The smallest absolute Gasteiger partial charge is 0.209 e. The second kappa shape index (κ2) is 7.08. The minimum absolute atomic E-state index is 0.0609. The Hall–Kier alpha value is -1.35.